The Kier molecular flexibility index (Phi) is 12.3. The summed E-state index contributed by atoms with van der Waals surface area (Å²) < 4.78 is 5.88. The molecular formula is C21H38N2O. The number of rotatable bonds is 15. The van der Waals surface area contributed by atoms with Crippen LogP contribution in [0.5, 0.6) is 5.75 Å². The first-order chi connectivity index (χ1) is 11.8. The van der Waals surface area contributed by atoms with E-state index in [2.05, 4.69) is 55.3 Å². The standard InChI is InChI=1S/C21H38N2O/c1-4-7-8-9-10-18-24-21-13-11-12-20(19-21)22-14-17-23(15-5-2)16-6-3/h11-13,19,22H,4-10,14-18H2,1-3H3. The van der Waals surface area contributed by atoms with Gasteiger partial charge in [-0.1, -0.05) is 52.5 Å². The average Bonchev–Trinajstić information content (AvgIpc) is 2.59. The van der Waals surface area contributed by atoms with Crippen molar-refractivity contribution in [1.29, 1.82) is 0 Å². The first-order valence-electron chi connectivity index (χ1n) is 9.99. The maximum atomic E-state index is 5.88. The predicted molar refractivity (Wildman–Crippen MR) is 106 cm³/mol. The SMILES string of the molecule is CCCCCCCOc1cccc(NCCN(CCC)CCC)c1. The molecular weight excluding hydrogens is 296 g/mol. The summed E-state index contributed by atoms with van der Waals surface area (Å²) in [4.78, 5) is 2.53. The molecule has 0 fully saturated rings. The maximum absolute atomic E-state index is 5.88. The van der Waals surface area contributed by atoms with Crippen LogP contribution in [0.25, 0.3) is 0 Å². The highest BCUT2D eigenvalue weighted by Gasteiger charge is 2.02. The molecule has 0 aromatic heterocycles. The monoisotopic (exact) mass is 334 g/mol. The summed E-state index contributed by atoms with van der Waals surface area (Å²) in [5, 5.41) is 3.53. The van der Waals surface area contributed by atoms with E-state index in [4.69, 9.17) is 4.74 Å². The molecule has 0 amide bonds. The van der Waals surface area contributed by atoms with Crippen molar-refractivity contribution in [1.82, 2.24) is 4.90 Å². The van der Waals surface area contributed by atoms with Gasteiger partial charge in [0.1, 0.15) is 5.75 Å². The summed E-state index contributed by atoms with van der Waals surface area (Å²) in [6, 6.07) is 8.37. The molecule has 0 bridgehead atoms. The summed E-state index contributed by atoms with van der Waals surface area (Å²) in [5.41, 5.74) is 1.16. The van der Waals surface area contributed by atoms with Gasteiger partial charge in [0.15, 0.2) is 0 Å². The summed E-state index contributed by atoms with van der Waals surface area (Å²) in [6.07, 6.45) is 8.84. The van der Waals surface area contributed by atoms with E-state index in [9.17, 15) is 0 Å². The Bertz CT molecular complexity index is 403. The van der Waals surface area contributed by atoms with Crippen molar-refractivity contribution < 1.29 is 4.74 Å². The fourth-order valence-electron chi connectivity index (χ4n) is 2.92. The summed E-state index contributed by atoms with van der Waals surface area (Å²) in [6.45, 7) is 12.0. The zero-order valence-electron chi connectivity index (χ0n) is 16.2. The van der Waals surface area contributed by atoms with Crippen molar-refractivity contribution in [2.45, 2.75) is 65.7 Å². The van der Waals surface area contributed by atoms with Crippen molar-refractivity contribution in [3.8, 4) is 5.75 Å². The number of nitrogens with one attached hydrogen (secondary N) is 1. The Hall–Kier alpha value is -1.22. The molecule has 138 valence electrons. The van der Waals surface area contributed by atoms with E-state index in [0.717, 1.165) is 37.6 Å². The molecule has 0 saturated heterocycles. The van der Waals surface area contributed by atoms with Crippen LogP contribution < -0.4 is 10.1 Å². The third-order valence-corrected chi connectivity index (χ3v) is 4.19. The average molecular weight is 335 g/mol. The number of anilines is 1. The van der Waals surface area contributed by atoms with Gasteiger partial charge >= 0.3 is 0 Å². The second kappa shape index (κ2) is 14.2. The van der Waals surface area contributed by atoms with Crippen LogP contribution in [0.15, 0.2) is 24.3 Å². The van der Waals surface area contributed by atoms with Crippen LogP contribution in [0.4, 0.5) is 5.69 Å². The Morgan fingerprint density at radius 3 is 2.33 bits per heavy atom. The van der Waals surface area contributed by atoms with Gasteiger partial charge in [0.05, 0.1) is 6.61 Å². The van der Waals surface area contributed by atoms with Gasteiger partial charge in [-0.15, -0.1) is 0 Å². The molecule has 0 aliphatic heterocycles. The van der Waals surface area contributed by atoms with Gasteiger partial charge in [-0.3, -0.25) is 0 Å². The Balaban J connectivity index is 2.26. The second-order valence-electron chi connectivity index (χ2n) is 6.56. The lowest BCUT2D eigenvalue weighted by atomic mass is 10.2. The number of unbranched alkanes of at least 4 members (excludes halogenated alkanes) is 4. The molecule has 0 aliphatic rings. The summed E-state index contributed by atoms with van der Waals surface area (Å²) in [7, 11) is 0. The molecule has 0 saturated carbocycles. The van der Waals surface area contributed by atoms with Crippen LogP contribution in [0.2, 0.25) is 0 Å². The minimum Gasteiger partial charge on any atom is -0.494 e. The molecule has 1 aromatic rings. The fourth-order valence-corrected chi connectivity index (χ4v) is 2.92. The molecule has 1 N–H and O–H groups in total. The van der Waals surface area contributed by atoms with E-state index in [0.29, 0.717) is 0 Å². The zero-order valence-corrected chi connectivity index (χ0v) is 16.2. The molecule has 0 aliphatic carbocycles. The van der Waals surface area contributed by atoms with E-state index in [1.54, 1.807) is 0 Å². The van der Waals surface area contributed by atoms with Gasteiger partial charge in [-0.25, -0.2) is 0 Å². The third-order valence-electron chi connectivity index (χ3n) is 4.19. The minimum atomic E-state index is 0.827. The topological polar surface area (TPSA) is 24.5 Å². The predicted octanol–water partition coefficient (Wildman–Crippen LogP) is 5.57. The first-order valence-corrected chi connectivity index (χ1v) is 9.99. The number of nitrogens with zero attached hydrogens (tertiary/aromatic N) is 1. The summed E-state index contributed by atoms with van der Waals surface area (Å²) in [5.74, 6) is 0.981. The normalized spacial score (nSPS) is 11.0. The molecule has 0 unspecified atom stereocenters. The van der Waals surface area contributed by atoms with Crippen molar-refractivity contribution >= 4 is 5.69 Å². The first kappa shape index (κ1) is 20.8. The van der Waals surface area contributed by atoms with Gasteiger partial charge < -0.3 is 15.0 Å². The van der Waals surface area contributed by atoms with E-state index in [1.165, 1.54) is 51.6 Å². The van der Waals surface area contributed by atoms with Gasteiger partial charge in [0.25, 0.3) is 0 Å². The maximum Gasteiger partial charge on any atom is 0.121 e. The zero-order chi connectivity index (χ0) is 17.5. The Morgan fingerprint density at radius 1 is 0.875 bits per heavy atom. The van der Waals surface area contributed by atoms with Gasteiger partial charge in [-0.05, 0) is 44.5 Å². The van der Waals surface area contributed by atoms with Crippen LogP contribution in [-0.2, 0) is 0 Å². The lowest BCUT2D eigenvalue weighted by Crippen LogP contribution is -2.30. The third kappa shape index (κ3) is 9.82. The Morgan fingerprint density at radius 2 is 1.62 bits per heavy atom. The molecule has 3 heteroatoms. The van der Waals surface area contributed by atoms with E-state index < -0.39 is 0 Å². The van der Waals surface area contributed by atoms with Gasteiger partial charge in [-0.2, -0.15) is 0 Å². The fraction of sp³-hybridized carbons (Fsp3) is 0.714. The molecule has 0 atom stereocenters. The molecule has 24 heavy (non-hydrogen) atoms. The van der Waals surface area contributed by atoms with Crippen LogP contribution in [0, 0.1) is 0 Å². The molecule has 0 heterocycles. The molecule has 3 nitrogen and oxygen atoms in total. The highest BCUT2D eigenvalue weighted by Crippen LogP contribution is 2.17. The molecule has 1 aromatic carbocycles. The van der Waals surface area contributed by atoms with E-state index in [1.807, 2.05) is 0 Å². The summed E-state index contributed by atoms with van der Waals surface area (Å²) >= 11 is 0. The Labute approximate surface area is 149 Å². The second-order valence-corrected chi connectivity index (χ2v) is 6.56. The quantitative estimate of drug-likeness (QED) is 0.424. The van der Waals surface area contributed by atoms with E-state index >= 15 is 0 Å². The lowest BCUT2D eigenvalue weighted by Gasteiger charge is -2.21. The van der Waals surface area contributed by atoms with E-state index in [-0.39, 0.29) is 0 Å². The van der Waals surface area contributed by atoms with Crippen LogP contribution in [0.3, 0.4) is 0 Å². The highest BCUT2D eigenvalue weighted by atomic mass is 16.5. The number of ether oxygens (including phenoxy) is 1. The smallest absolute Gasteiger partial charge is 0.121 e. The number of hydrogen-bond donors (Lipinski definition) is 1. The van der Waals surface area contributed by atoms with Crippen LogP contribution in [-0.4, -0.2) is 37.7 Å². The minimum absolute atomic E-state index is 0.827. The number of benzene rings is 1. The largest absolute Gasteiger partial charge is 0.494 e. The van der Waals surface area contributed by atoms with Crippen molar-refractivity contribution in [3.05, 3.63) is 24.3 Å². The number of hydrogen-bond acceptors (Lipinski definition) is 3. The lowest BCUT2D eigenvalue weighted by molar-refractivity contribution is 0.285. The van der Waals surface area contributed by atoms with Crippen molar-refractivity contribution in [2.75, 3.05) is 38.1 Å². The van der Waals surface area contributed by atoms with Crippen molar-refractivity contribution in [3.63, 3.8) is 0 Å². The van der Waals surface area contributed by atoms with Gasteiger partial charge in [0.2, 0.25) is 0 Å². The van der Waals surface area contributed by atoms with Crippen molar-refractivity contribution in [2.24, 2.45) is 0 Å². The van der Waals surface area contributed by atoms with Gasteiger partial charge in [0, 0.05) is 24.8 Å². The van der Waals surface area contributed by atoms with Crippen LogP contribution in [0.1, 0.15) is 65.7 Å². The molecule has 0 spiro atoms. The molecule has 1 rings (SSSR count). The highest BCUT2D eigenvalue weighted by molar-refractivity contribution is 5.48. The van der Waals surface area contributed by atoms with Crippen LogP contribution >= 0.6 is 0 Å². The molecule has 0 radical (unpaired) electrons.